The van der Waals surface area contributed by atoms with Gasteiger partial charge in [0.05, 0.1) is 18.5 Å². The van der Waals surface area contributed by atoms with Gasteiger partial charge >= 0.3 is 6.03 Å². The first-order valence-electron chi connectivity index (χ1n) is 10.3. The van der Waals surface area contributed by atoms with E-state index in [2.05, 4.69) is 25.9 Å². The molecule has 0 bridgehead atoms. The van der Waals surface area contributed by atoms with Crippen LogP contribution in [0.25, 0.3) is 5.82 Å². The quantitative estimate of drug-likeness (QED) is 0.432. The summed E-state index contributed by atoms with van der Waals surface area (Å²) in [7, 11) is 1.55. The van der Waals surface area contributed by atoms with E-state index in [1.165, 1.54) is 0 Å². The number of urea groups is 1. The normalized spacial score (nSPS) is 10.5. The Balaban J connectivity index is 1.37. The van der Waals surface area contributed by atoms with Crippen molar-refractivity contribution in [2.75, 3.05) is 17.7 Å². The summed E-state index contributed by atoms with van der Waals surface area (Å²) >= 11 is 0. The molecule has 2 amide bonds. The first-order chi connectivity index (χ1) is 15.9. The Morgan fingerprint density at radius 1 is 0.909 bits per heavy atom. The number of ether oxygens (including phenoxy) is 2. The number of aromatic nitrogens is 4. The van der Waals surface area contributed by atoms with Crippen LogP contribution < -0.4 is 20.1 Å². The van der Waals surface area contributed by atoms with E-state index < -0.39 is 0 Å². The first kappa shape index (κ1) is 21.8. The summed E-state index contributed by atoms with van der Waals surface area (Å²) in [6.45, 7) is 5.98. The fourth-order valence-corrected chi connectivity index (χ4v) is 3.18. The molecule has 168 valence electrons. The zero-order chi connectivity index (χ0) is 23.4. The smallest absolute Gasteiger partial charge is 0.323 e. The van der Waals surface area contributed by atoms with E-state index in [4.69, 9.17) is 9.47 Å². The third-order valence-corrected chi connectivity index (χ3v) is 5.19. The summed E-state index contributed by atoms with van der Waals surface area (Å²) in [6, 6.07) is 17.3. The van der Waals surface area contributed by atoms with E-state index in [1.807, 2.05) is 32.9 Å². The van der Waals surface area contributed by atoms with Crippen LogP contribution in [0.4, 0.5) is 16.2 Å². The standard InChI is InChI=1S/C24H24N6O3/c1-15-16(2)29-30(17(15)3)22-13-14-23(28-27-22)33-19-11-9-18(10-12-19)25-24(31)26-20-7-5-6-8-21(20)32-4/h5-14H,1-4H3,(H2,25,26,31). The van der Waals surface area contributed by atoms with Crippen LogP contribution in [0.15, 0.2) is 60.7 Å². The van der Waals surface area contributed by atoms with Crippen molar-refractivity contribution < 1.29 is 14.3 Å². The average molecular weight is 444 g/mol. The molecule has 0 spiro atoms. The molecule has 0 saturated carbocycles. The Bertz CT molecular complexity index is 1270. The van der Waals surface area contributed by atoms with Crippen molar-refractivity contribution in [2.24, 2.45) is 0 Å². The highest BCUT2D eigenvalue weighted by molar-refractivity contribution is 6.00. The highest BCUT2D eigenvalue weighted by Crippen LogP contribution is 2.24. The minimum Gasteiger partial charge on any atom is -0.495 e. The number of hydrogen-bond donors (Lipinski definition) is 2. The van der Waals surface area contributed by atoms with Gasteiger partial charge in [0.1, 0.15) is 11.5 Å². The van der Waals surface area contributed by atoms with Crippen molar-refractivity contribution in [1.29, 1.82) is 0 Å². The molecule has 0 aliphatic heterocycles. The first-order valence-corrected chi connectivity index (χ1v) is 10.3. The molecule has 0 atom stereocenters. The molecule has 0 aliphatic rings. The molecule has 0 unspecified atom stereocenters. The van der Waals surface area contributed by atoms with Crippen LogP contribution in [0, 0.1) is 20.8 Å². The van der Waals surface area contributed by atoms with Crippen LogP contribution in [0.3, 0.4) is 0 Å². The number of anilines is 2. The van der Waals surface area contributed by atoms with E-state index in [9.17, 15) is 4.79 Å². The van der Waals surface area contributed by atoms with Crippen LogP contribution >= 0.6 is 0 Å². The molecule has 2 aromatic heterocycles. The summed E-state index contributed by atoms with van der Waals surface area (Å²) in [5.41, 5.74) is 4.29. The molecular weight excluding hydrogens is 420 g/mol. The van der Waals surface area contributed by atoms with Gasteiger partial charge in [0.15, 0.2) is 5.82 Å². The van der Waals surface area contributed by atoms with Gasteiger partial charge in [-0.2, -0.15) is 5.10 Å². The third-order valence-electron chi connectivity index (χ3n) is 5.19. The third kappa shape index (κ3) is 4.93. The lowest BCUT2D eigenvalue weighted by atomic mass is 10.2. The fraction of sp³-hybridized carbons (Fsp3) is 0.167. The average Bonchev–Trinajstić information content (AvgIpc) is 3.08. The predicted molar refractivity (Wildman–Crippen MR) is 126 cm³/mol. The molecule has 33 heavy (non-hydrogen) atoms. The molecule has 4 rings (SSSR count). The Hall–Kier alpha value is -4.40. The van der Waals surface area contributed by atoms with Gasteiger partial charge in [0, 0.05) is 17.4 Å². The van der Waals surface area contributed by atoms with Gasteiger partial charge in [-0.05, 0) is 68.8 Å². The van der Waals surface area contributed by atoms with Gasteiger partial charge < -0.3 is 20.1 Å². The van der Waals surface area contributed by atoms with E-state index in [0.29, 0.717) is 34.6 Å². The fourth-order valence-electron chi connectivity index (χ4n) is 3.18. The van der Waals surface area contributed by atoms with Crippen LogP contribution in [0.2, 0.25) is 0 Å². The second-order valence-corrected chi connectivity index (χ2v) is 7.34. The molecule has 2 heterocycles. The molecule has 0 fully saturated rings. The maximum Gasteiger partial charge on any atom is 0.323 e. The number of nitrogens with one attached hydrogen (secondary N) is 2. The Morgan fingerprint density at radius 3 is 2.30 bits per heavy atom. The number of nitrogens with zero attached hydrogens (tertiary/aromatic N) is 4. The molecule has 9 heteroatoms. The maximum absolute atomic E-state index is 12.3. The van der Waals surface area contributed by atoms with Gasteiger partial charge in [-0.3, -0.25) is 0 Å². The van der Waals surface area contributed by atoms with Gasteiger partial charge in [-0.25, -0.2) is 9.48 Å². The van der Waals surface area contributed by atoms with Crippen LogP contribution in [-0.4, -0.2) is 33.1 Å². The zero-order valence-electron chi connectivity index (χ0n) is 18.8. The molecule has 9 nitrogen and oxygen atoms in total. The number of hydrogen-bond acceptors (Lipinski definition) is 6. The lowest BCUT2D eigenvalue weighted by Crippen LogP contribution is -2.19. The Morgan fingerprint density at radius 2 is 1.67 bits per heavy atom. The Labute approximate surface area is 191 Å². The molecule has 4 aromatic rings. The Kier molecular flexibility index (Phi) is 6.21. The monoisotopic (exact) mass is 444 g/mol. The number of aryl methyl sites for hydroxylation is 1. The lowest BCUT2D eigenvalue weighted by Gasteiger charge is -2.11. The number of rotatable bonds is 6. The van der Waals surface area contributed by atoms with E-state index in [0.717, 1.165) is 17.0 Å². The van der Waals surface area contributed by atoms with Gasteiger partial charge in [0.2, 0.25) is 5.88 Å². The summed E-state index contributed by atoms with van der Waals surface area (Å²) < 4.78 is 12.8. The second-order valence-electron chi connectivity index (χ2n) is 7.34. The molecule has 0 radical (unpaired) electrons. The lowest BCUT2D eigenvalue weighted by molar-refractivity contribution is 0.262. The van der Waals surface area contributed by atoms with E-state index in [-0.39, 0.29) is 6.03 Å². The molecular formula is C24H24N6O3. The van der Waals surface area contributed by atoms with Crippen LogP contribution in [0.5, 0.6) is 17.4 Å². The highest BCUT2D eigenvalue weighted by Gasteiger charge is 2.11. The zero-order valence-corrected chi connectivity index (χ0v) is 18.8. The largest absolute Gasteiger partial charge is 0.495 e. The minimum absolute atomic E-state index is 0.353. The van der Waals surface area contributed by atoms with Crippen molar-refractivity contribution in [3.05, 3.63) is 77.6 Å². The summed E-state index contributed by atoms with van der Waals surface area (Å²) in [4.78, 5) is 12.3. The number of methoxy groups -OCH3 is 1. The van der Waals surface area contributed by atoms with Gasteiger partial charge in [-0.1, -0.05) is 12.1 Å². The second kappa shape index (κ2) is 9.39. The topological polar surface area (TPSA) is 103 Å². The number of benzene rings is 2. The summed E-state index contributed by atoms with van der Waals surface area (Å²) in [5.74, 6) is 2.12. The maximum atomic E-state index is 12.3. The summed E-state index contributed by atoms with van der Waals surface area (Å²) in [6.07, 6.45) is 0. The number of carbonyl (C=O) groups is 1. The van der Waals surface area contributed by atoms with Crippen molar-refractivity contribution in [1.82, 2.24) is 20.0 Å². The van der Waals surface area contributed by atoms with Crippen molar-refractivity contribution in [3.8, 4) is 23.2 Å². The van der Waals surface area contributed by atoms with E-state index >= 15 is 0 Å². The van der Waals surface area contributed by atoms with Crippen molar-refractivity contribution >= 4 is 17.4 Å². The highest BCUT2D eigenvalue weighted by atomic mass is 16.5. The minimum atomic E-state index is -0.381. The predicted octanol–water partition coefficient (Wildman–Crippen LogP) is 5.03. The van der Waals surface area contributed by atoms with Crippen LogP contribution in [-0.2, 0) is 0 Å². The number of para-hydroxylation sites is 2. The summed E-state index contributed by atoms with van der Waals surface area (Å²) in [5, 5.41) is 18.4. The van der Waals surface area contributed by atoms with Crippen LogP contribution in [0.1, 0.15) is 17.0 Å². The molecule has 0 aliphatic carbocycles. The SMILES string of the molecule is COc1ccccc1NC(=O)Nc1ccc(Oc2ccc(-n3nc(C)c(C)c3C)nn2)cc1. The van der Waals surface area contributed by atoms with Crippen molar-refractivity contribution in [3.63, 3.8) is 0 Å². The molecule has 0 saturated heterocycles. The number of carbonyl (C=O) groups excluding carboxylic acids is 1. The van der Waals surface area contributed by atoms with E-state index in [1.54, 1.807) is 60.3 Å². The van der Waals surface area contributed by atoms with Gasteiger partial charge in [0.25, 0.3) is 0 Å². The molecule has 2 N–H and O–H groups in total. The van der Waals surface area contributed by atoms with Gasteiger partial charge in [-0.15, -0.1) is 10.2 Å². The molecule has 2 aromatic carbocycles. The van der Waals surface area contributed by atoms with Crippen molar-refractivity contribution in [2.45, 2.75) is 20.8 Å². The number of amides is 2.